The van der Waals surface area contributed by atoms with Crippen molar-refractivity contribution >= 4 is 12.0 Å². The van der Waals surface area contributed by atoms with E-state index in [2.05, 4.69) is 13.8 Å². The first kappa shape index (κ1) is 19.8. The third-order valence-electron chi connectivity index (χ3n) is 3.98. The van der Waals surface area contributed by atoms with Gasteiger partial charge in [-0.1, -0.05) is 51.0 Å². The molecule has 0 radical (unpaired) electrons. The Labute approximate surface area is 156 Å². The molecule has 0 unspecified atom stereocenters. The van der Waals surface area contributed by atoms with Crippen LogP contribution in [0.15, 0.2) is 54.6 Å². The van der Waals surface area contributed by atoms with Gasteiger partial charge in [-0.05, 0) is 60.7 Å². The summed E-state index contributed by atoms with van der Waals surface area (Å²) in [6.07, 6.45) is 8.89. The molecular weight excluding hydrogens is 324 g/mol. The van der Waals surface area contributed by atoms with Crippen molar-refractivity contribution in [3.8, 4) is 11.5 Å². The van der Waals surface area contributed by atoms with Gasteiger partial charge >= 0.3 is 5.97 Å². The molecule has 0 saturated carbocycles. The SMILES string of the molecule is CCCCCc1ccc(OC(=O)C=Cc2ccc(OCCC)cc2)cc1. The number of carbonyl (C=O) groups excluding carboxylic acids is 1. The van der Waals surface area contributed by atoms with E-state index in [9.17, 15) is 4.79 Å². The van der Waals surface area contributed by atoms with E-state index in [1.165, 1.54) is 30.9 Å². The molecule has 0 fully saturated rings. The molecule has 2 aromatic rings. The fourth-order valence-electron chi connectivity index (χ4n) is 2.51. The highest BCUT2D eigenvalue weighted by molar-refractivity contribution is 5.88. The van der Waals surface area contributed by atoms with Crippen molar-refractivity contribution in [1.82, 2.24) is 0 Å². The molecule has 3 nitrogen and oxygen atoms in total. The van der Waals surface area contributed by atoms with Crippen LogP contribution in [0.1, 0.15) is 50.7 Å². The van der Waals surface area contributed by atoms with E-state index in [4.69, 9.17) is 9.47 Å². The number of esters is 1. The number of unbranched alkanes of at least 4 members (excludes halogenated alkanes) is 2. The van der Waals surface area contributed by atoms with Crippen molar-refractivity contribution in [2.24, 2.45) is 0 Å². The molecule has 0 spiro atoms. The second-order valence-corrected chi connectivity index (χ2v) is 6.27. The second-order valence-electron chi connectivity index (χ2n) is 6.27. The van der Waals surface area contributed by atoms with Gasteiger partial charge in [0.15, 0.2) is 0 Å². The zero-order chi connectivity index (χ0) is 18.6. The van der Waals surface area contributed by atoms with E-state index in [1.807, 2.05) is 48.5 Å². The molecule has 3 heteroatoms. The lowest BCUT2D eigenvalue weighted by molar-refractivity contribution is -0.128. The minimum absolute atomic E-state index is 0.380. The number of carbonyl (C=O) groups is 1. The predicted octanol–water partition coefficient (Wildman–Crippen LogP) is 5.83. The Morgan fingerprint density at radius 3 is 2.23 bits per heavy atom. The van der Waals surface area contributed by atoms with Crippen molar-refractivity contribution < 1.29 is 14.3 Å². The Hall–Kier alpha value is -2.55. The van der Waals surface area contributed by atoms with Gasteiger partial charge < -0.3 is 9.47 Å². The highest BCUT2D eigenvalue weighted by Crippen LogP contribution is 2.16. The summed E-state index contributed by atoms with van der Waals surface area (Å²) in [6, 6.07) is 15.4. The zero-order valence-corrected chi connectivity index (χ0v) is 15.7. The van der Waals surface area contributed by atoms with E-state index < -0.39 is 0 Å². The van der Waals surface area contributed by atoms with Crippen molar-refractivity contribution in [2.45, 2.75) is 46.0 Å². The average Bonchev–Trinajstić information content (AvgIpc) is 2.67. The molecule has 0 amide bonds. The Morgan fingerprint density at radius 1 is 0.885 bits per heavy atom. The molecule has 0 N–H and O–H groups in total. The van der Waals surface area contributed by atoms with Crippen LogP contribution < -0.4 is 9.47 Å². The van der Waals surface area contributed by atoms with Gasteiger partial charge in [-0.15, -0.1) is 0 Å². The average molecular weight is 352 g/mol. The maximum absolute atomic E-state index is 12.0. The van der Waals surface area contributed by atoms with E-state index in [0.717, 1.165) is 24.2 Å². The fraction of sp³-hybridized carbons (Fsp3) is 0.348. The summed E-state index contributed by atoms with van der Waals surface area (Å²) >= 11 is 0. The number of aryl methyl sites for hydroxylation is 1. The molecular formula is C23H28O3. The molecule has 0 bridgehead atoms. The van der Waals surface area contributed by atoms with Crippen molar-refractivity contribution in [3.05, 3.63) is 65.7 Å². The van der Waals surface area contributed by atoms with Gasteiger partial charge in [-0.2, -0.15) is 0 Å². The third-order valence-corrected chi connectivity index (χ3v) is 3.98. The molecule has 2 aromatic carbocycles. The Morgan fingerprint density at radius 2 is 1.58 bits per heavy atom. The number of ether oxygens (including phenoxy) is 2. The largest absolute Gasteiger partial charge is 0.494 e. The zero-order valence-electron chi connectivity index (χ0n) is 15.7. The molecule has 0 aliphatic heterocycles. The quantitative estimate of drug-likeness (QED) is 0.234. The summed E-state index contributed by atoms with van der Waals surface area (Å²) < 4.78 is 10.9. The van der Waals surface area contributed by atoms with Gasteiger partial charge in [0.2, 0.25) is 0 Å². The van der Waals surface area contributed by atoms with Gasteiger partial charge in [0.1, 0.15) is 11.5 Å². The van der Waals surface area contributed by atoms with Crippen LogP contribution in [0.5, 0.6) is 11.5 Å². The molecule has 0 heterocycles. The second kappa shape index (κ2) is 11.1. The molecule has 2 rings (SSSR count). The standard InChI is InChI=1S/C23H28O3/c1-3-5-6-7-19-10-15-22(16-11-19)26-23(24)17-12-20-8-13-21(14-9-20)25-18-4-2/h8-17H,3-7,18H2,1-2H3. The van der Waals surface area contributed by atoms with E-state index in [-0.39, 0.29) is 5.97 Å². The van der Waals surface area contributed by atoms with Crippen LogP contribution in [0.3, 0.4) is 0 Å². The molecule has 0 atom stereocenters. The Kier molecular flexibility index (Phi) is 8.47. The lowest BCUT2D eigenvalue weighted by Crippen LogP contribution is -2.03. The van der Waals surface area contributed by atoms with Gasteiger partial charge in [-0.3, -0.25) is 0 Å². The van der Waals surface area contributed by atoms with Crippen LogP contribution in [-0.4, -0.2) is 12.6 Å². The van der Waals surface area contributed by atoms with Crippen molar-refractivity contribution in [1.29, 1.82) is 0 Å². The van der Waals surface area contributed by atoms with Crippen LogP contribution in [0, 0.1) is 0 Å². The Balaban J connectivity index is 1.82. The van der Waals surface area contributed by atoms with Crippen LogP contribution >= 0.6 is 0 Å². The predicted molar refractivity (Wildman–Crippen MR) is 107 cm³/mol. The third kappa shape index (κ3) is 7.14. The monoisotopic (exact) mass is 352 g/mol. The number of rotatable bonds is 10. The normalized spacial score (nSPS) is 10.8. The molecule has 26 heavy (non-hydrogen) atoms. The van der Waals surface area contributed by atoms with Crippen LogP contribution in [-0.2, 0) is 11.2 Å². The summed E-state index contributed by atoms with van der Waals surface area (Å²) in [5.74, 6) is 1.03. The molecule has 0 aliphatic carbocycles. The maximum Gasteiger partial charge on any atom is 0.336 e. The highest BCUT2D eigenvalue weighted by Gasteiger charge is 2.01. The van der Waals surface area contributed by atoms with Crippen molar-refractivity contribution in [2.75, 3.05) is 6.61 Å². The number of hydrogen-bond donors (Lipinski definition) is 0. The smallest absolute Gasteiger partial charge is 0.336 e. The van der Waals surface area contributed by atoms with Gasteiger partial charge in [0, 0.05) is 6.08 Å². The first-order chi connectivity index (χ1) is 12.7. The Bertz CT molecular complexity index is 684. The number of hydrogen-bond acceptors (Lipinski definition) is 3. The molecule has 138 valence electrons. The minimum atomic E-state index is -0.380. The summed E-state index contributed by atoms with van der Waals surface area (Å²) in [5.41, 5.74) is 2.20. The first-order valence-corrected chi connectivity index (χ1v) is 9.43. The summed E-state index contributed by atoms with van der Waals surface area (Å²) in [5, 5.41) is 0. The van der Waals surface area contributed by atoms with Gasteiger partial charge in [-0.25, -0.2) is 4.79 Å². The molecule has 0 aromatic heterocycles. The number of benzene rings is 2. The summed E-state index contributed by atoms with van der Waals surface area (Å²) in [6.45, 7) is 4.98. The van der Waals surface area contributed by atoms with E-state index in [0.29, 0.717) is 12.4 Å². The topological polar surface area (TPSA) is 35.5 Å². The van der Waals surface area contributed by atoms with Crippen LogP contribution in [0.25, 0.3) is 6.08 Å². The highest BCUT2D eigenvalue weighted by atomic mass is 16.5. The van der Waals surface area contributed by atoms with Crippen molar-refractivity contribution in [3.63, 3.8) is 0 Å². The maximum atomic E-state index is 12.0. The molecule has 0 saturated heterocycles. The van der Waals surface area contributed by atoms with Gasteiger partial charge in [0.05, 0.1) is 6.61 Å². The fourth-order valence-corrected chi connectivity index (χ4v) is 2.51. The van der Waals surface area contributed by atoms with Crippen LogP contribution in [0.4, 0.5) is 0 Å². The first-order valence-electron chi connectivity index (χ1n) is 9.43. The van der Waals surface area contributed by atoms with Crippen LogP contribution in [0.2, 0.25) is 0 Å². The van der Waals surface area contributed by atoms with E-state index in [1.54, 1.807) is 6.08 Å². The van der Waals surface area contributed by atoms with Gasteiger partial charge in [0.25, 0.3) is 0 Å². The minimum Gasteiger partial charge on any atom is -0.494 e. The molecule has 0 aliphatic rings. The van der Waals surface area contributed by atoms with E-state index >= 15 is 0 Å². The lowest BCUT2D eigenvalue weighted by atomic mass is 10.1. The summed E-state index contributed by atoms with van der Waals surface area (Å²) in [7, 11) is 0. The lowest BCUT2D eigenvalue weighted by Gasteiger charge is -2.05. The summed E-state index contributed by atoms with van der Waals surface area (Å²) in [4.78, 5) is 12.0.